The van der Waals surface area contributed by atoms with Crippen LogP contribution >= 0.6 is 0 Å². The standard InChI is InChI=1S/C10H15NO4/c1-13-7-10(12)11-6-9(14-2)8-4-3-5-15-8/h3-5,9H,6-7H2,1-2H3,(H,11,12). The van der Waals surface area contributed by atoms with Crippen molar-refractivity contribution in [2.45, 2.75) is 6.10 Å². The van der Waals surface area contributed by atoms with Gasteiger partial charge in [0, 0.05) is 14.2 Å². The first-order valence-electron chi connectivity index (χ1n) is 4.59. The van der Waals surface area contributed by atoms with Crippen LogP contribution in [-0.2, 0) is 14.3 Å². The Hall–Kier alpha value is -1.33. The number of ether oxygens (including phenoxy) is 2. The zero-order valence-electron chi connectivity index (χ0n) is 8.86. The number of carbonyl (C=O) groups excluding carboxylic acids is 1. The Kier molecular flexibility index (Phi) is 4.86. The summed E-state index contributed by atoms with van der Waals surface area (Å²) in [5, 5.41) is 2.67. The minimum atomic E-state index is -0.263. The quantitative estimate of drug-likeness (QED) is 0.756. The molecule has 5 nitrogen and oxygen atoms in total. The second-order valence-electron chi connectivity index (χ2n) is 2.98. The fourth-order valence-electron chi connectivity index (χ4n) is 1.16. The first kappa shape index (κ1) is 11.7. The number of rotatable bonds is 6. The molecule has 0 aliphatic heterocycles. The summed E-state index contributed by atoms with van der Waals surface area (Å²) in [6.07, 6.45) is 1.30. The number of hydrogen-bond acceptors (Lipinski definition) is 4. The minimum Gasteiger partial charge on any atom is -0.467 e. The van der Waals surface area contributed by atoms with E-state index < -0.39 is 0 Å². The van der Waals surface area contributed by atoms with Crippen molar-refractivity contribution in [1.29, 1.82) is 0 Å². The highest BCUT2D eigenvalue weighted by molar-refractivity contribution is 5.77. The number of hydrogen-bond donors (Lipinski definition) is 1. The summed E-state index contributed by atoms with van der Waals surface area (Å²) >= 11 is 0. The van der Waals surface area contributed by atoms with Crippen molar-refractivity contribution in [3.63, 3.8) is 0 Å². The summed E-state index contributed by atoms with van der Waals surface area (Å²) in [5.41, 5.74) is 0. The van der Waals surface area contributed by atoms with Crippen molar-refractivity contribution in [2.24, 2.45) is 0 Å². The van der Waals surface area contributed by atoms with E-state index in [4.69, 9.17) is 9.15 Å². The predicted octanol–water partition coefficient (Wildman–Crippen LogP) is 0.730. The molecule has 0 radical (unpaired) electrons. The number of nitrogens with one attached hydrogen (secondary N) is 1. The van der Waals surface area contributed by atoms with Gasteiger partial charge in [0.2, 0.25) is 5.91 Å². The van der Waals surface area contributed by atoms with Crippen LogP contribution in [0.25, 0.3) is 0 Å². The average Bonchev–Trinajstić information content (AvgIpc) is 2.72. The molecule has 1 amide bonds. The predicted molar refractivity (Wildman–Crippen MR) is 53.3 cm³/mol. The number of furan rings is 1. The van der Waals surface area contributed by atoms with E-state index in [-0.39, 0.29) is 18.6 Å². The third-order valence-corrected chi connectivity index (χ3v) is 1.91. The van der Waals surface area contributed by atoms with Gasteiger partial charge in [0.15, 0.2) is 0 Å². The highest BCUT2D eigenvalue weighted by atomic mass is 16.5. The number of amides is 1. The van der Waals surface area contributed by atoms with Crippen LogP contribution in [-0.4, -0.2) is 33.3 Å². The van der Waals surface area contributed by atoms with Gasteiger partial charge in [0.1, 0.15) is 18.5 Å². The smallest absolute Gasteiger partial charge is 0.246 e. The summed E-state index contributed by atoms with van der Waals surface area (Å²) in [7, 11) is 3.04. The van der Waals surface area contributed by atoms with Crippen molar-refractivity contribution in [2.75, 3.05) is 27.4 Å². The Morgan fingerprint density at radius 3 is 2.93 bits per heavy atom. The lowest BCUT2D eigenvalue weighted by Crippen LogP contribution is -2.31. The number of carbonyl (C=O) groups is 1. The van der Waals surface area contributed by atoms with E-state index in [0.717, 1.165) is 0 Å². The maximum Gasteiger partial charge on any atom is 0.246 e. The van der Waals surface area contributed by atoms with Crippen LogP contribution in [0.1, 0.15) is 11.9 Å². The first-order chi connectivity index (χ1) is 7.27. The molecule has 0 aliphatic carbocycles. The molecule has 15 heavy (non-hydrogen) atoms. The van der Waals surface area contributed by atoms with E-state index in [1.165, 1.54) is 7.11 Å². The molecular formula is C10H15NO4. The van der Waals surface area contributed by atoms with E-state index in [1.807, 2.05) is 0 Å². The summed E-state index contributed by atoms with van der Waals surface area (Å²) in [4.78, 5) is 11.1. The van der Waals surface area contributed by atoms with E-state index in [0.29, 0.717) is 12.3 Å². The zero-order chi connectivity index (χ0) is 11.1. The second kappa shape index (κ2) is 6.21. The van der Waals surface area contributed by atoms with Gasteiger partial charge in [-0.1, -0.05) is 0 Å². The zero-order valence-corrected chi connectivity index (χ0v) is 8.86. The SMILES string of the molecule is COCC(=O)NCC(OC)c1ccco1. The largest absolute Gasteiger partial charge is 0.467 e. The van der Waals surface area contributed by atoms with Gasteiger partial charge in [-0.15, -0.1) is 0 Å². The van der Waals surface area contributed by atoms with Crippen molar-refractivity contribution < 1.29 is 18.7 Å². The molecule has 0 bridgehead atoms. The lowest BCUT2D eigenvalue weighted by molar-refractivity contribution is -0.125. The molecule has 5 heteroatoms. The van der Waals surface area contributed by atoms with Gasteiger partial charge in [0.25, 0.3) is 0 Å². The number of methoxy groups -OCH3 is 2. The van der Waals surface area contributed by atoms with Crippen molar-refractivity contribution >= 4 is 5.91 Å². The molecule has 0 saturated carbocycles. The molecule has 84 valence electrons. The first-order valence-corrected chi connectivity index (χ1v) is 4.59. The Morgan fingerprint density at radius 1 is 1.60 bits per heavy atom. The Bertz CT molecular complexity index is 284. The van der Waals surface area contributed by atoms with Gasteiger partial charge in [-0.25, -0.2) is 0 Å². The van der Waals surface area contributed by atoms with Gasteiger partial charge >= 0.3 is 0 Å². The third kappa shape index (κ3) is 3.73. The fourth-order valence-corrected chi connectivity index (χ4v) is 1.16. The Labute approximate surface area is 88.4 Å². The van der Waals surface area contributed by atoms with Gasteiger partial charge < -0.3 is 19.2 Å². The van der Waals surface area contributed by atoms with Crippen LogP contribution in [0.2, 0.25) is 0 Å². The van der Waals surface area contributed by atoms with Crippen LogP contribution < -0.4 is 5.32 Å². The molecule has 0 saturated heterocycles. The lowest BCUT2D eigenvalue weighted by atomic mass is 10.2. The van der Waals surface area contributed by atoms with E-state index in [9.17, 15) is 4.79 Å². The van der Waals surface area contributed by atoms with Gasteiger partial charge in [-0.3, -0.25) is 4.79 Å². The molecule has 1 heterocycles. The molecule has 1 N–H and O–H groups in total. The lowest BCUT2D eigenvalue weighted by Gasteiger charge is -2.13. The summed E-state index contributed by atoms with van der Waals surface area (Å²) in [6, 6.07) is 3.58. The Balaban J connectivity index is 2.38. The topological polar surface area (TPSA) is 60.7 Å². The second-order valence-corrected chi connectivity index (χ2v) is 2.98. The van der Waals surface area contributed by atoms with Gasteiger partial charge in [-0.2, -0.15) is 0 Å². The van der Waals surface area contributed by atoms with Crippen LogP contribution in [0.5, 0.6) is 0 Å². The van der Waals surface area contributed by atoms with E-state index in [1.54, 1.807) is 25.5 Å². The molecule has 0 fully saturated rings. The molecular weight excluding hydrogens is 198 g/mol. The summed E-state index contributed by atoms with van der Waals surface area (Å²) < 4.78 is 15.0. The monoisotopic (exact) mass is 213 g/mol. The maximum absolute atomic E-state index is 11.1. The molecule has 0 aromatic carbocycles. The summed E-state index contributed by atoms with van der Waals surface area (Å²) in [5.74, 6) is 0.515. The maximum atomic E-state index is 11.1. The van der Waals surface area contributed by atoms with Gasteiger partial charge in [-0.05, 0) is 12.1 Å². The van der Waals surface area contributed by atoms with Crippen molar-refractivity contribution in [3.8, 4) is 0 Å². The highest BCUT2D eigenvalue weighted by Gasteiger charge is 2.14. The minimum absolute atomic E-state index is 0.0502. The molecule has 1 rings (SSSR count). The van der Waals surface area contributed by atoms with Crippen LogP contribution in [0, 0.1) is 0 Å². The van der Waals surface area contributed by atoms with Crippen molar-refractivity contribution in [1.82, 2.24) is 5.32 Å². The van der Waals surface area contributed by atoms with Gasteiger partial charge in [0.05, 0.1) is 12.8 Å². The molecule has 1 aromatic heterocycles. The molecule has 1 atom stereocenters. The van der Waals surface area contributed by atoms with E-state index >= 15 is 0 Å². The van der Waals surface area contributed by atoms with E-state index in [2.05, 4.69) is 10.1 Å². The molecule has 0 spiro atoms. The average molecular weight is 213 g/mol. The molecule has 1 unspecified atom stereocenters. The molecule has 0 aliphatic rings. The Morgan fingerprint density at radius 2 is 2.40 bits per heavy atom. The summed E-state index contributed by atoms with van der Waals surface area (Å²) in [6.45, 7) is 0.417. The fraction of sp³-hybridized carbons (Fsp3) is 0.500. The van der Waals surface area contributed by atoms with Crippen LogP contribution in [0.4, 0.5) is 0 Å². The van der Waals surface area contributed by atoms with Crippen LogP contribution in [0.3, 0.4) is 0 Å². The van der Waals surface area contributed by atoms with Crippen LogP contribution in [0.15, 0.2) is 22.8 Å². The van der Waals surface area contributed by atoms with Crippen molar-refractivity contribution in [3.05, 3.63) is 24.2 Å². The highest BCUT2D eigenvalue weighted by Crippen LogP contribution is 2.15. The third-order valence-electron chi connectivity index (χ3n) is 1.91. The normalized spacial score (nSPS) is 12.4. The molecule has 1 aromatic rings.